The predicted octanol–water partition coefficient (Wildman–Crippen LogP) is 3.95. The number of carboxylic acid groups (broad SMARTS) is 1. The Bertz CT molecular complexity index is 904. The lowest BCUT2D eigenvalue weighted by Crippen LogP contribution is -2.50. The van der Waals surface area contributed by atoms with E-state index in [2.05, 4.69) is 4.72 Å². The van der Waals surface area contributed by atoms with E-state index in [1.54, 1.807) is 24.3 Å². The van der Waals surface area contributed by atoms with Gasteiger partial charge in [-0.1, -0.05) is 49.1 Å². The van der Waals surface area contributed by atoms with Crippen LogP contribution in [0.5, 0.6) is 0 Å². The van der Waals surface area contributed by atoms with E-state index in [-0.39, 0.29) is 11.3 Å². The van der Waals surface area contributed by atoms with Gasteiger partial charge in [0.15, 0.2) is 0 Å². The van der Waals surface area contributed by atoms with Crippen LogP contribution in [-0.4, -0.2) is 25.0 Å². The fourth-order valence-corrected chi connectivity index (χ4v) is 5.48. The van der Waals surface area contributed by atoms with Gasteiger partial charge in [0.1, 0.15) is 0 Å². The maximum atomic E-state index is 13.1. The molecule has 2 aromatic carbocycles. The van der Waals surface area contributed by atoms with Crippen LogP contribution in [0.1, 0.15) is 38.5 Å². The lowest BCUT2D eigenvalue weighted by atomic mass is 9.80. The van der Waals surface area contributed by atoms with E-state index in [4.69, 9.17) is 11.6 Å². The van der Waals surface area contributed by atoms with E-state index in [1.807, 2.05) is 6.07 Å². The van der Waals surface area contributed by atoms with Crippen LogP contribution >= 0.6 is 11.6 Å². The minimum atomic E-state index is -3.88. The van der Waals surface area contributed by atoms with Crippen molar-refractivity contribution in [2.24, 2.45) is 0 Å². The molecule has 0 aliphatic heterocycles. The van der Waals surface area contributed by atoms with Crippen molar-refractivity contribution in [1.29, 1.82) is 0 Å². The number of hydrogen-bond acceptors (Lipinski definition) is 3. The maximum Gasteiger partial charge on any atom is 0.305 e. The molecule has 2 N–H and O–H groups in total. The monoisotopic (exact) mass is 381 g/mol. The molecule has 0 aromatic heterocycles. The number of hydrogen-bond donors (Lipinski definition) is 2. The van der Waals surface area contributed by atoms with Crippen LogP contribution in [0, 0.1) is 0 Å². The molecule has 0 heterocycles. The van der Waals surface area contributed by atoms with Crippen molar-refractivity contribution in [3.05, 3.63) is 41.4 Å². The molecule has 1 saturated carbocycles. The van der Waals surface area contributed by atoms with E-state index in [0.29, 0.717) is 23.3 Å². The summed E-state index contributed by atoms with van der Waals surface area (Å²) in [5.74, 6) is -0.995. The zero-order valence-electron chi connectivity index (χ0n) is 13.7. The normalized spacial score (nSPS) is 17.5. The minimum absolute atomic E-state index is 0.128. The highest BCUT2D eigenvalue weighted by atomic mass is 35.5. The topological polar surface area (TPSA) is 83.5 Å². The second kappa shape index (κ2) is 6.94. The highest BCUT2D eigenvalue weighted by Crippen LogP contribution is 2.34. The highest BCUT2D eigenvalue weighted by Gasteiger charge is 2.38. The third kappa shape index (κ3) is 3.97. The van der Waals surface area contributed by atoms with Crippen molar-refractivity contribution in [3.8, 4) is 0 Å². The molecule has 0 radical (unpaired) electrons. The van der Waals surface area contributed by atoms with Crippen molar-refractivity contribution in [2.45, 2.75) is 49.0 Å². The van der Waals surface area contributed by atoms with Gasteiger partial charge in [-0.05, 0) is 36.4 Å². The molecule has 7 heteroatoms. The first-order valence-electron chi connectivity index (χ1n) is 8.25. The summed E-state index contributed by atoms with van der Waals surface area (Å²) in [4.78, 5) is 11.4. The Morgan fingerprint density at radius 1 is 1.16 bits per heavy atom. The SMILES string of the molecule is O=C(O)CC1(NS(=O)(=O)c2cccc3ccc(Cl)cc23)CCCCC1. The van der Waals surface area contributed by atoms with E-state index in [1.165, 1.54) is 6.07 Å². The molecule has 0 bridgehead atoms. The Balaban J connectivity index is 2.04. The fraction of sp³-hybridized carbons (Fsp3) is 0.389. The molecule has 3 rings (SSSR count). The summed E-state index contributed by atoms with van der Waals surface area (Å²) in [7, 11) is -3.88. The van der Waals surface area contributed by atoms with Gasteiger partial charge in [-0.25, -0.2) is 13.1 Å². The zero-order valence-corrected chi connectivity index (χ0v) is 15.2. The summed E-state index contributed by atoms with van der Waals surface area (Å²) in [5.41, 5.74) is -0.927. The molecule has 5 nitrogen and oxygen atoms in total. The molecule has 1 aliphatic rings. The maximum absolute atomic E-state index is 13.1. The number of rotatable bonds is 5. The van der Waals surface area contributed by atoms with E-state index >= 15 is 0 Å². The average Bonchev–Trinajstić information content (AvgIpc) is 2.53. The van der Waals surface area contributed by atoms with E-state index in [0.717, 1.165) is 24.6 Å². The highest BCUT2D eigenvalue weighted by molar-refractivity contribution is 7.89. The standard InChI is InChI=1S/C18H20ClNO4S/c19-14-8-7-13-5-4-6-16(15(13)11-14)25(23,24)20-18(12-17(21)22)9-2-1-3-10-18/h4-8,11,20H,1-3,9-10,12H2,(H,21,22). The zero-order chi connectivity index (χ0) is 18.1. The average molecular weight is 382 g/mol. The largest absolute Gasteiger partial charge is 0.481 e. The Morgan fingerprint density at radius 2 is 1.88 bits per heavy atom. The Hall–Kier alpha value is -1.63. The molecule has 2 aromatic rings. The predicted molar refractivity (Wildman–Crippen MR) is 97.3 cm³/mol. The Kier molecular flexibility index (Phi) is 5.04. The second-order valence-corrected chi connectivity index (χ2v) is 8.73. The third-order valence-electron chi connectivity index (χ3n) is 4.74. The number of sulfonamides is 1. The quantitative estimate of drug-likeness (QED) is 0.821. The summed E-state index contributed by atoms with van der Waals surface area (Å²) >= 11 is 6.04. The number of halogens is 1. The van der Waals surface area contributed by atoms with Crippen LogP contribution in [0.15, 0.2) is 41.3 Å². The molecule has 0 saturated heterocycles. The number of benzene rings is 2. The first-order chi connectivity index (χ1) is 11.8. The summed E-state index contributed by atoms with van der Waals surface area (Å²) in [6.45, 7) is 0. The molecule has 134 valence electrons. The molecule has 0 spiro atoms. The smallest absolute Gasteiger partial charge is 0.305 e. The lowest BCUT2D eigenvalue weighted by Gasteiger charge is -2.36. The minimum Gasteiger partial charge on any atom is -0.481 e. The van der Waals surface area contributed by atoms with E-state index in [9.17, 15) is 18.3 Å². The molecule has 1 fully saturated rings. The van der Waals surface area contributed by atoms with Gasteiger partial charge >= 0.3 is 5.97 Å². The van der Waals surface area contributed by atoms with Crippen molar-refractivity contribution in [1.82, 2.24) is 4.72 Å². The van der Waals surface area contributed by atoms with Crippen molar-refractivity contribution in [3.63, 3.8) is 0 Å². The fourth-order valence-electron chi connectivity index (χ4n) is 3.62. The summed E-state index contributed by atoms with van der Waals surface area (Å²) in [6.07, 6.45) is 3.48. The number of nitrogens with one attached hydrogen (secondary N) is 1. The van der Waals surface area contributed by atoms with Crippen LogP contribution in [0.25, 0.3) is 10.8 Å². The summed E-state index contributed by atoms with van der Waals surface area (Å²) in [5, 5.41) is 11.0. The number of aliphatic carboxylic acids is 1. The third-order valence-corrected chi connectivity index (χ3v) is 6.62. The number of carbonyl (C=O) groups is 1. The number of fused-ring (bicyclic) bond motifs is 1. The van der Waals surface area contributed by atoms with Gasteiger partial charge in [-0.2, -0.15) is 0 Å². The van der Waals surface area contributed by atoms with Crippen molar-refractivity contribution >= 4 is 38.4 Å². The van der Waals surface area contributed by atoms with Gasteiger partial charge in [0.2, 0.25) is 10.0 Å². The van der Waals surface area contributed by atoms with Gasteiger partial charge in [-0.3, -0.25) is 4.79 Å². The van der Waals surface area contributed by atoms with Crippen LogP contribution < -0.4 is 4.72 Å². The summed E-state index contributed by atoms with van der Waals surface area (Å²) in [6, 6.07) is 10.1. The summed E-state index contributed by atoms with van der Waals surface area (Å²) < 4.78 is 28.8. The lowest BCUT2D eigenvalue weighted by molar-refractivity contribution is -0.138. The second-order valence-electron chi connectivity index (χ2n) is 6.64. The molecule has 1 aliphatic carbocycles. The number of carboxylic acids is 1. The van der Waals surface area contributed by atoms with Crippen LogP contribution in [-0.2, 0) is 14.8 Å². The van der Waals surface area contributed by atoms with Crippen LogP contribution in [0.2, 0.25) is 5.02 Å². The van der Waals surface area contributed by atoms with Crippen molar-refractivity contribution in [2.75, 3.05) is 0 Å². The van der Waals surface area contributed by atoms with Crippen molar-refractivity contribution < 1.29 is 18.3 Å². The van der Waals surface area contributed by atoms with Gasteiger partial charge < -0.3 is 5.11 Å². The van der Waals surface area contributed by atoms with Gasteiger partial charge in [-0.15, -0.1) is 0 Å². The first kappa shape index (κ1) is 18.2. The molecule has 0 atom stereocenters. The molecular weight excluding hydrogens is 362 g/mol. The van der Waals surface area contributed by atoms with Gasteiger partial charge in [0, 0.05) is 15.9 Å². The van der Waals surface area contributed by atoms with Crippen LogP contribution in [0.3, 0.4) is 0 Å². The molecular formula is C18H20ClNO4S. The molecule has 0 unspecified atom stereocenters. The Labute approximate surface area is 152 Å². The van der Waals surface area contributed by atoms with E-state index < -0.39 is 21.5 Å². The van der Waals surface area contributed by atoms with Gasteiger partial charge in [0.05, 0.1) is 11.3 Å². The Morgan fingerprint density at radius 3 is 2.56 bits per heavy atom. The molecule has 0 amide bonds. The molecule has 25 heavy (non-hydrogen) atoms. The first-order valence-corrected chi connectivity index (χ1v) is 10.1. The van der Waals surface area contributed by atoms with Gasteiger partial charge in [0.25, 0.3) is 0 Å². The van der Waals surface area contributed by atoms with Crippen LogP contribution in [0.4, 0.5) is 0 Å².